The summed E-state index contributed by atoms with van der Waals surface area (Å²) in [5.41, 5.74) is 0. The highest BCUT2D eigenvalue weighted by molar-refractivity contribution is 4.89. The van der Waals surface area contributed by atoms with Crippen molar-refractivity contribution in [3.63, 3.8) is 0 Å². The normalized spacial score (nSPS) is 35.3. The molecule has 0 aromatic rings. The maximum absolute atomic E-state index is 3.62. The van der Waals surface area contributed by atoms with Crippen molar-refractivity contribution in [1.29, 1.82) is 0 Å². The van der Waals surface area contributed by atoms with Crippen LogP contribution in [0.1, 0.15) is 72.1 Å². The average molecular weight is 295 g/mol. The number of likely N-dealkylation sites (tertiary alicyclic amines) is 1. The highest BCUT2D eigenvalue weighted by atomic mass is 15.2. The molecular weight excluding hydrogens is 256 g/mol. The Hall–Kier alpha value is -0.0800. The summed E-state index contributed by atoms with van der Waals surface area (Å²) in [6.45, 7) is 9.88. The number of hydrogen-bond donors (Lipinski definition) is 1. The molecule has 0 spiro atoms. The molecule has 0 amide bonds. The number of piperidine rings is 1. The van der Waals surface area contributed by atoms with Gasteiger partial charge in [-0.25, -0.2) is 0 Å². The van der Waals surface area contributed by atoms with Crippen LogP contribution in [0.3, 0.4) is 0 Å². The Balaban J connectivity index is 1.96. The number of hydrogen-bond acceptors (Lipinski definition) is 2. The van der Waals surface area contributed by atoms with Crippen molar-refractivity contribution >= 4 is 0 Å². The van der Waals surface area contributed by atoms with E-state index in [1.807, 2.05) is 0 Å². The van der Waals surface area contributed by atoms with Gasteiger partial charge in [-0.2, -0.15) is 0 Å². The molecule has 4 atom stereocenters. The van der Waals surface area contributed by atoms with Crippen LogP contribution >= 0.6 is 0 Å². The Morgan fingerprint density at radius 2 is 1.95 bits per heavy atom. The summed E-state index contributed by atoms with van der Waals surface area (Å²) >= 11 is 0. The van der Waals surface area contributed by atoms with Gasteiger partial charge in [0, 0.05) is 18.6 Å². The van der Waals surface area contributed by atoms with E-state index >= 15 is 0 Å². The molecule has 1 aliphatic carbocycles. The van der Waals surface area contributed by atoms with Crippen LogP contribution in [0.2, 0.25) is 0 Å². The van der Waals surface area contributed by atoms with E-state index in [2.05, 4.69) is 38.0 Å². The summed E-state index contributed by atoms with van der Waals surface area (Å²) in [5.74, 6) is 2.68. The van der Waals surface area contributed by atoms with Crippen LogP contribution in [0.5, 0.6) is 0 Å². The third-order valence-corrected chi connectivity index (χ3v) is 6.18. The van der Waals surface area contributed by atoms with Gasteiger partial charge >= 0.3 is 0 Å². The lowest BCUT2D eigenvalue weighted by atomic mass is 9.73. The first kappa shape index (κ1) is 17.3. The minimum absolute atomic E-state index is 0.754. The van der Waals surface area contributed by atoms with E-state index in [4.69, 9.17) is 0 Å². The van der Waals surface area contributed by atoms with Crippen LogP contribution < -0.4 is 5.32 Å². The van der Waals surface area contributed by atoms with Crippen LogP contribution in [0.25, 0.3) is 0 Å². The van der Waals surface area contributed by atoms with Crippen molar-refractivity contribution in [3.8, 4) is 0 Å². The molecule has 1 aliphatic heterocycles. The molecule has 124 valence electrons. The lowest BCUT2D eigenvalue weighted by molar-refractivity contribution is 0.0758. The molecule has 4 unspecified atom stereocenters. The summed E-state index contributed by atoms with van der Waals surface area (Å²) in [4.78, 5) is 2.85. The molecule has 2 rings (SSSR count). The van der Waals surface area contributed by atoms with Gasteiger partial charge in [-0.3, -0.25) is 0 Å². The van der Waals surface area contributed by atoms with Gasteiger partial charge in [-0.15, -0.1) is 0 Å². The Morgan fingerprint density at radius 3 is 2.62 bits per heavy atom. The smallest absolute Gasteiger partial charge is 0.0105 e. The lowest BCUT2D eigenvalue weighted by Crippen LogP contribution is -2.49. The van der Waals surface area contributed by atoms with Gasteiger partial charge in [0.2, 0.25) is 0 Å². The molecule has 0 radical (unpaired) electrons. The summed E-state index contributed by atoms with van der Waals surface area (Å²) in [6.07, 6.45) is 11.3. The number of rotatable bonds is 6. The third-order valence-electron chi connectivity index (χ3n) is 6.18. The fraction of sp³-hybridized carbons (Fsp3) is 1.00. The summed E-state index contributed by atoms with van der Waals surface area (Å²) in [6, 6.07) is 1.63. The van der Waals surface area contributed by atoms with E-state index in [0.717, 1.165) is 29.8 Å². The van der Waals surface area contributed by atoms with Crippen LogP contribution in [-0.2, 0) is 0 Å². The van der Waals surface area contributed by atoms with Crippen LogP contribution in [-0.4, -0.2) is 37.1 Å². The summed E-state index contributed by atoms with van der Waals surface area (Å²) in [5, 5.41) is 3.62. The maximum atomic E-state index is 3.62. The topological polar surface area (TPSA) is 15.3 Å². The monoisotopic (exact) mass is 294 g/mol. The third kappa shape index (κ3) is 4.69. The van der Waals surface area contributed by atoms with Gasteiger partial charge in [0.1, 0.15) is 0 Å². The molecule has 0 aromatic carbocycles. The molecule has 0 bridgehead atoms. The average Bonchev–Trinajstić information content (AvgIpc) is 2.49. The second-order valence-corrected chi connectivity index (χ2v) is 7.91. The fourth-order valence-electron chi connectivity index (χ4n) is 4.75. The summed E-state index contributed by atoms with van der Waals surface area (Å²) in [7, 11) is 2.17. The standard InChI is InChI=1S/C19H38N2/c1-5-8-18-9-6-7-12-21(18)14-17-13-16(15(2)3)10-11-19(17)20-4/h15-20H,5-14H2,1-4H3. The Bertz CT molecular complexity index is 287. The van der Waals surface area contributed by atoms with Gasteiger partial charge in [-0.1, -0.05) is 33.6 Å². The van der Waals surface area contributed by atoms with E-state index in [0.29, 0.717) is 0 Å². The van der Waals surface area contributed by atoms with E-state index in [1.165, 1.54) is 64.5 Å². The molecule has 1 saturated carbocycles. The molecule has 1 heterocycles. The van der Waals surface area contributed by atoms with Crippen LogP contribution in [0.15, 0.2) is 0 Å². The largest absolute Gasteiger partial charge is 0.317 e. The molecule has 21 heavy (non-hydrogen) atoms. The van der Waals surface area contributed by atoms with Gasteiger partial charge in [0.15, 0.2) is 0 Å². The molecule has 1 saturated heterocycles. The summed E-state index contributed by atoms with van der Waals surface area (Å²) < 4.78 is 0. The second kappa shape index (κ2) is 8.53. The highest BCUT2D eigenvalue weighted by Crippen LogP contribution is 2.35. The zero-order chi connectivity index (χ0) is 15.2. The van der Waals surface area contributed by atoms with Crippen molar-refractivity contribution in [3.05, 3.63) is 0 Å². The Kier molecular flexibility index (Phi) is 7.01. The quantitative estimate of drug-likeness (QED) is 0.785. The predicted molar refractivity (Wildman–Crippen MR) is 92.6 cm³/mol. The van der Waals surface area contributed by atoms with Gasteiger partial charge in [0.05, 0.1) is 0 Å². The Labute approximate surface area is 133 Å². The van der Waals surface area contributed by atoms with E-state index in [9.17, 15) is 0 Å². The Morgan fingerprint density at radius 1 is 1.14 bits per heavy atom. The maximum Gasteiger partial charge on any atom is 0.0105 e. The molecule has 2 aliphatic rings. The van der Waals surface area contributed by atoms with Crippen LogP contribution in [0.4, 0.5) is 0 Å². The molecular formula is C19H38N2. The van der Waals surface area contributed by atoms with Gasteiger partial charge < -0.3 is 10.2 Å². The first-order valence-electron chi connectivity index (χ1n) is 9.57. The highest BCUT2D eigenvalue weighted by Gasteiger charge is 2.33. The predicted octanol–water partition coefficient (Wildman–Crippen LogP) is 4.30. The zero-order valence-electron chi connectivity index (χ0n) is 14.9. The van der Waals surface area contributed by atoms with Gasteiger partial charge in [-0.05, 0) is 69.9 Å². The van der Waals surface area contributed by atoms with E-state index in [-0.39, 0.29) is 0 Å². The minimum atomic E-state index is 0.754. The number of nitrogens with one attached hydrogen (secondary N) is 1. The molecule has 2 nitrogen and oxygen atoms in total. The lowest BCUT2D eigenvalue weighted by Gasteiger charge is -2.43. The number of nitrogens with zero attached hydrogens (tertiary/aromatic N) is 1. The van der Waals surface area contributed by atoms with E-state index < -0.39 is 0 Å². The minimum Gasteiger partial charge on any atom is -0.317 e. The van der Waals surface area contributed by atoms with Crippen molar-refractivity contribution in [1.82, 2.24) is 10.2 Å². The SMILES string of the molecule is CCCC1CCCCN1CC1CC(C(C)C)CCC1NC. The molecule has 2 fully saturated rings. The van der Waals surface area contributed by atoms with Crippen molar-refractivity contribution in [2.24, 2.45) is 17.8 Å². The first-order valence-corrected chi connectivity index (χ1v) is 9.57. The van der Waals surface area contributed by atoms with E-state index in [1.54, 1.807) is 0 Å². The fourth-order valence-corrected chi connectivity index (χ4v) is 4.75. The van der Waals surface area contributed by atoms with Gasteiger partial charge in [0.25, 0.3) is 0 Å². The molecule has 1 N–H and O–H groups in total. The van der Waals surface area contributed by atoms with Crippen molar-refractivity contribution < 1.29 is 0 Å². The van der Waals surface area contributed by atoms with Crippen LogP contribution in [0, 0.1) is 17.8 Å². The van der Waals surface area contributed by atoms with Crippen molar-refractivity contribution in [2.45, 2.75) is 84.2 Å². The molecule has 0 aromatic heterocycles. The van der Waals surface area contributed by atoms with Crippen molar-refractivity contribution in [2.75, 3.05) is 20.1 Å². The zero-order valence-corrected chi connectivity index (χ0v) is 14.9. The second-order valence-electron chi connectivity index (χ2n) is 7.91. The molecule has 2 heteroatoms. The first-order chi connectivity index (χ1) is 10.2.